The van der Waals surface area contributed by atoms with E-state index in [0.717, 1.165) is 5.56 Å². The van der Waals surface area contributed by atoms with E-state index >= 15 is 0 Å². The van der Waals surface area contributed by atoms with Crippen molar-refractivity contribution in [3.63, 3.8) is 0 Å². The van der Waals surface area contributed by atoms with Crippen molar-refractivity contribution in [2.24, 2.45) is 5.10 Å². The second-order valence-corrected chi connectivity index (χ2v) is 3.13. The molecule has 0 unspecified atom stereocenters. The Bertz CT molecular complexity index is 316. The minimum atomic E-state index is -0.107. The highest BCUT2D eigenvalue weighted by molar-refractivity contribution is 6.37. The zero-order chi connectivity index (χ0) is 9.84. The molecule has 0 spiro atoms. The van der Waals surface area contributed by atoms with Crippen LogP contribution in [0.15, 0.2) is 17.2 Å². The lowest BCUT2D eigenvalue weighted by molar-refractivity contribution is 0.476. The van der Waals surface area contributed by atoms with E-state index in [2.05, 4.69) is 10.5 Å². The molecule has 0 aromatic heterocycles. The van der Waals surface area contributed by atoms with Gasteiger partial charge in [-0.05, 0) is 17.7 Å². The molecular weight excluding hydrogens is 211 g/mol. The number of hydrogen-bond donors (Lipinski definition) is 2. The van der Waals surface area contributed by atoms with E-state index in [0.29, 0.717) is 0 Å². The predicted molar refractivity (Wildman–Crippen MR) is 54.8 cm³/mol. The molecule has 0 aliphatic rings. The van der Waals surface area contributed by atoms with E-state index in [4.69, 9.17) is 23.2 Å². The molecule has 1 rings (SSSR count). The van der Waals surface area contributed by atoms with Crippen molar-refractivity contribution in [2.75, 3.05) is 7.05 Å². The Labute approximate surface area is 86.0 Å². The van der Waals surface area contributed by atoms with Gasteiger partial charge in [-0.1, -0.05) is 23.2 Å². The van der Waals surface area contributed by atoms with Gasteiger partial charge in [-0.3, -0.25) is 0 Å². The normalized spacial score (nSPS) is 10.7. The first kappa shape index (κ1) is 10.2. The number of phenolic OH excluding ortho intramolecular Hbond substituents is 1. The molecule has 1 aromatic rings. The maximum absolute atomic E-state index is 9.23. The number of hydrogen-bond acceptors (Lipinski definition) is 3. The van der Waals surface area contributed by atoms with Crippen LogP contribution in [0.3, 0.4) is 0 Å². The smallest absolute Gasteiger partial charge is 0.152 e. The Hall–Kier alpha value is -0.930. The van der Waals surface area contributed by atoms with Crippen molar-refractivity contribution in [3.05, 3.63) is 27.7 Å². The van der Waals surface area contributed by atoms with Gasteiger partial charge in [-0.25, -0.2) is 0 Å². The van der Waals surface area contributed by atoms with Crippen LogP contribution in [0.5, 0.6) is 5.75 Å². The summed E-state index contributed by atoms with van der Waals surface area (Å²) in [7, 11) is 1.68. The summed E-state index contributed by atoms with van der Waals surface area (Å²) in [6, 6.07) is 3.15. The average molecular weight is 219 g/mol. The molecule has 0 aliphatic heterocycles. The molecule has 1 aromatic carbocycles. The third kappa shape index (κ3) is 2.50. The molecule has 0 atom stereocenters. The van der Waals surface area contributed by atoms with Crippen LogP contribution in [0.4, 0.5) is 0 Å². The van der Waals surface area contributed by atoms with E-state index in [1.807, 2.05) is 0 Å². The second-order valence-electron chi connectivity index (χ2n) is 2.31. The van der Waals surface area contributed by atoms with Gasteiger partial charge in [0.05, 0.1) is 16.3 Å². The van der Waals surface area contributed by atoms with Crippen LogP contribution in [0, 0.1) is 0 Å². The molecule has 0 saturated carbocycles. The molecule has 0 bridgehead atoms. The summed E-state index contributed by atoms with van der Waals surface area (Å²) < 4.78 is 0. The van der Waals surface area contributed by atoms with Crippen LogP contribution >= 0.6 is 23.2 Å². The Morgan fingerprint density at radius 2 is 1.92 bits per heavy atom. The second kappa shape index (κ2) is 4.35. The topological polar surface area (TPSA) is 44.6 Å². The highest BCUT2D eigenvalue weighted by atomic mass is 35.5. The van der Waals surface area contributed by atoms with Gasteiger partial charge in [0.15, 0.2) is 5.75 Å². The summed E-state index contributed by atoms with van der Waals surface area (Å²) in [6.07, 6.45) is 1.55. The van der Waals surface area contributed by atoms with E-state index in [1.54, 1.807) is 25.4 Å². The molecular formula is C8H8Cl2N2O. The number of nitrogens with zero attached hydrogens (tertiary/aromatic N) is 1. The Morgan fingerprint density at radius 1 is 1.38 bits per heavy atom. The third-order valence-electron chi connectivity index (χ3n) is 1.38. The molecule has 70 valence electrons. The van der Waals surface area contributed by atoms with E-state index in [-0.39, 0.29) is 15.8 Å². The van der Waals surface area contributed by atoms with Gasteiger partial charge in [0, 0.05) is 7.05 Å². The molecule has 0 heterocycles. The molecule has 5 heteroatoms. The molecule has 2 N–H and O–H groups in total. The summed E-state index contributed by atoms with van der Waals surface area (Å²) in [6.45, 7) is 0. The monoisotopic (exact) mass is 218 g/mol. The summed E-state index contributed by atoms with van der Waals surface area (Å²) in [5, 5.41) is 13.4. The van der Waals surface area contributed by atoms with Gasteiger partial charge in [0.25, 0.3) is 0 Å². The third-order valence-corrected chi connectivity index (χ3v) is 1.96. The van der Waals surface area contributed by atoms with Crippen molar-refractivity contribution in [1.29, 1.82) is 0 Å². The van der Waals surface area contributed by atoms with Gasteiger partial charge in [-0.2, -0.15) is 5.10 Å². The summed E-state index contributed by atoms with van der Waals surface area (Å²) >= 11 is 11.4. The first-order chi connectivity index (χ1) is 6.15. The van der Waals surface area contributed by atoms with E-state index in [1.165, 1.54) is 0 Å². The maximum atomic E-state index is 9.23. The highest BCUT2D eigenvalue weighted by Gasteiger charge is 2.04. The van der Waals surface area contributed by atoms with Gasteiger partial charge in [0.1, 0.15) is 0 Å². The van der Waals surface area contributed by atoms with Crippen molar-refractivity contribution in [2.45, 2.75) is 0 Å². The largest absolute Gasteiger partial charge is 0.505 e. The van der Waals surface area contributed by atoms with Crippen LogP contribution in [0.2, 0.25) is 10.0 Å². The number of phenols is 1. The summed E-state index contributed by atoms with van der Waals surface area (Å²) in [4.78, 5) is 0. The minimum Gasteiger partial charge on any atom is -0.505 e. The number of aromatic hydroxyl groups is 1. The van der Waals surface area contributed by atoms with Gasteiger partial charge in [-0.15, -0.1) is 0 Å². The molecule has 0 saturated heterocycles. The van der Waals surface area contributed by atoms with Crippen LogP contribution in [-0.4, -0.2) is 18.4 Å². The van der Waals surface area contributed by atoms with Crippen LogP contribution < -0.4 is 5.43 Å². The molecule has 0 aliphatic carbocycles. The fourth-order valence-electron chi connectivity index (χ4n) is 0.799. The molecule has 3 nitrogen and oxygen atoms in total. The fourth-order valence-corrected chi connectivity index (χ4v) is 1.30. The van der Waals surface area contributed by atoms with Crippen molar-refractivity contribution >= 4 is 29.4 Å². The van der Waals surface area contributed by atoms with Crippen molar-refractivity contribution in [3.8, 4) is 5.75 Å². The zero-order valence-electron chi connectivity index (χ0n) is 6.88. The Balaban J connectivity index is 3.06. The number of rotatable bonds is 2. The number of halogens is 2. The predicted octanol–water partition coefficient (Wildman–Crippen LogP) is 2.25. The van der Waals surface area contributed by atoms with Crippen molar-refractivity contribution < 1.29 is 5.11 Å². The van der Waals surface area contributed by atoms with Gasteiger partial charge < -0.3 is 10.5 Å². The average Bonchev–Trinajstić information content (AvgIpc) is 2.10. The van der Waals surface area contributed by atoms with Gasteiger partial charge in [0.2, 0.25) is 0 Å². The summed E-state index contributed by atoms with van der Waals surface area (Å²) in [5.74, 6) is -0.107. The SMILES string of the molecule is CN/N=C/c1cc(Cl)c(O)c(Cl)c1. The first-order valence-electron chi connectivity index (χ1n) is 3.53. The standard InChI is InChI=1S/C8H8Cl2N2O/c1-11-12-4-5-2-6(9)8(13)7(10)3-5/h2-4,11,13H,1H3/b12-4+. The van der Waals surface area contributed by atoms with Crippen LogP contribution in [0.25, 0.3) is 0 Å². The van der Waals surface area contributed by atoms with Gasteiger partial charge >= 0.3 is 0 Å². The lowest BCUT2D eigenvalue weighted by atomic mass is 10.2. The molecule has 0 radical (unpaired) electrons. The lowest BCUT2D eigenvalue weighted by Gasteiger charge is -2.00. The van der Waals surface area contributed by atoms with Crippen molar-refractivity contribution in [1.82, 2.24) is 5.43 Å². The van der Waals surface area contributed by atoms with Crippen LogP contribution in [-0.2, 0) is 0 Å². The quantitative estimate of drug-likeness (QED) is 0.591. The number of hydrazone groups is 1. The van der Waals surface area contributed by atoms with Crippen LogP contribution in [0.1, 0.15) is 5.56 Å². The van der Waals surface area contributed by atoms with E-state index < -0.39 is 0 Å². The Kier molecular flexibility index (Phi) is 3.39. The Morgan fingerprint density at radius 3 is 2.38 bits per heavy atom. The summed E-state index contributed by atoms with van der Waals surface area (Å²) in [5.41, 5.74) is 3.31. The molecule has 13 heavy (non-hydrogen) atoms. The zero-order valence-corrected chi connectivity index (χ0v) is 8.39. The highest BCUT2D eigenvalue weighted by Crippen LogP contribution is 2.32. The minimum absolute atomic E-state index is 0.107. The molecule has 0 amide bonds. The first-order valence-corrected chi connectivity index (χ1v) is 4.28. The fraction of sp³-hybridized carbons (Fsp3) is 0.125. The van der Waals surface area contributed by atoms with E-state index in [9.17, 15) is 5.11 Å². The number of nitrogens with one attached hydrogen (secondary N) is 1. The lowest BCUT2D eigenvalue weighted by Crippen LogP contribution is -1.94. The maximum Gasteiger partial charge on any atom is 0.152 e. The number of benzene rings is 1. The molecule has 0 fully saturated rings.